The molecule has 0 aromatic heterocycles. The Bertz CT molecular complexity index is 874. The fraction of sp³-hybridized carbons (Fsp3) is 0.300. The highest BCUT2D eigenvalue weighted by Gasteiger charge is 2.47. The summed E-state index contributed by atoms with van der Waals surface area (Å²) in [6.45, 7) is 1.84. The molecule has 0 heterocycles. The average Bonchev–Trinajstić information content (AvgIpc) is 2.97. The summed E-state index contributed by atoms with van der Waals surface area (Å²) < 4.78 is 10.5. The number of ketones is 1. The Morgan fingerprint density at radius 1 is 1.15 bits per heavy atom. The molecule has 0 saturated heterocycles. The van der Waals surface area contributed by atoms with E-state index in [0.717, 1.165) is 5.56 Å². The Labute approximate surface area is 156 Å². The van der Waals surface area contributed by atoms with Crippen LogP contribution in [0, 0.1) is 10.1 Å². The number of non-ortho nitro benzene ring substituents is 1. The number of Topliss-reactive ketones (excluding diaryl/α,β-unsaturated/α-hetero) is 1. The van der Waals surface area contributed by atoms with Gasteiger partial charge >= 0.3 is 5.97 Å². The van der Waals surface area contributed by atoms with E-state index in [1.54, 1.807) is 19.2 Å². The molecule has 0 aliphatic heterocycles. The third-order valence-corrected chi connectivity index (χ3v) is 5.03. The second kappa shape index (κ2) is 7.19. The lowest BCUT2D eigenvalue weighted by atomic mass is 9.80. The van der Waals surface area contributed by atoms with E-state index >= 15 is 0 Å². The molecule has 0 spiro atoms. The Balaban J connectivity index is 1.72. The Morgan fingerprint density at radius 3 is 2.33 bits per heavy atom. The summed E-state index contributed by atoms with van der Waals surface area (Å²) in [4.78, 5) is 35.3. The lowest BCUT2D eigenvalue weighted by Crippen LogP contribution is -2.34. The summed E-state index contributed by atoms with van der Waals surface area (Å²) in [5.74, 6) is -0.112. The van der Waals surface area contributed by atoms with Crippen LogP contribution in [0.4, 0.5) is 5.69 Å². The van der Waals surface area contributed by atoms with Crippen LogP contribution in [-0.4, -0.2) is 29.9 Å². The van der Waals surface area contributed by atoms with E-state index in [-0.39, 0.29) is 17.0 Å². The number of ether oxygens (including phenoxy) is 2. The Kier molecular flexibility index (Phi) is 4.94. The van der Waals surface area contributed by atoms with E-state index in [2.05, 4.69) is 0 Å². The van der Waals surface area contributed by atoms with Crippen molar-refractivity contribution in [3.63, 3.8) is 0 Å². The summed E-state index contributed by atoms with van der Waals surface area (Å²) in [5, 5.41) is 10.7. The quantitative estimate of drug-likeness (QED) is 0.455. The first kappa shape index (κ1) is 18.6. The largest absolute Gasteiger partial charge is 0.497 e. The third kappa shape index (κ3) is 3.53. The van der Waals surface area contributed by atoms with E-state index in [1.165, 1.54) is 24.3 Å². The maximum Gasteiger partial charge on any atom is 0.338 e. The number of nitrogens with zero attached hydrogens (tertiary/aromatic N) is 1. The van der Waals surface area contributed by atoms with Crippen LogP contribution >= 0.6 is 0 Å². The van der Waals surface area contributed by atoms with E-state index in [4.69, 9.17) is 9.47 Å². The first-order valence-electron chi connectivity index (χ1n) is 8.49. The summed E-state index contributed by atoms with van der Waals surface area (Å²) in [7, 11) is 1.57. The predicted octanol–water partition coefficient (Wildman–Crippen LogP) is 3.45. The topological polar surface area (TPSA) is 95.7 Å². The van der Waals surface area contributed by atoms with Crippen molar-refractivity contribution in [2.45, 2.75) is 31.3 Å². The normalized spacial score (nSPS) is 21.7. The minimum atomic E-state index is -0.834. The van der Waals surface area contributed by atoms with Crippen LogP contribution < -0.4 is 4.74 Å². The molecule has 7 nitrogen and oxygen atoms in total. The van der Waals surface area contributed by atoms with Gasteiger partial charge in [0, 0.05) is 12.1 Å². The number of esters is 1. The fourth-order valence-electron chi connectivity index (χ4n) is 3.30. The minimum Gasteiger partial charge on any atom is -0.497 e. The maximum absolute atomic E-state index is 12.9. The van der Waals surface area contributed by atoms with E-state index in [0.29, 0.717) is 18.6 Å². The number of hydrogen-bond donors (Lipinski definition) is 0. The molecule has 7 heteroatoms. The summed E-state index contributed by atoms with van der Waals surface area (Å²) in [6.07, 6.45) is 0.163. The van der Waals surface area contributed by atoms with Crippen molar-refractivity contribution in [1.82, 2.24) is 0 Å². The van der Waals surface area contributed by atoms with Gasteiger partial charge in [-0.3, -0.25) is 14.9 Å². The fourth-order valence-corrected chi connectivity index (χ4v) is 3.30. The molecule has 0 amide bonds. The van der Waals surface area contributed by atoms with Crippen LogP contribution in [0.2, 0.25) is 0 Å². The number of carbonyl (C=O) groups is 2. The van der Waals surface area contributed by atoms with Gasteiger partial charge in [-0.25, -0.2) is 4.79 Å². The standard InChI is InChI=1S/C20H19NO6/c1-20(14-5-9-16(26-2)10-6-14)12-11-17(18(20)22)27-19(23)13-3-7-15(8-4-13)21(24)25/h3-10,17H,11-12H2,1-2H3/t17-,20+/m0/s1. The van der Waals surface area contributed by atoms with Gasteiger partial charge in [-0.2, -0.15) is 0 Å². The van der Waals surface area contributed by atoms with Crippen molar-refractivity contribution >= 4 is 17.4 Å². The van der Waals surface area contributed by atoms with E-state index in [9.17, 15) is 19.7 Å². The van der Waals surface area contributed by atoms with Crippen molar-refractivity contribution in [3.05, 3.63) is 69.8 Å². The molecule has 2 aromatic carbocycles. The molecule has 1 saturated carbocycles. The van der Waals surface area contributed by atoms with Crippen LogP contribution in [0.1, 0.15) is 35.7 Å². The van der Waals surface area contributed by atoms with Gasteiger partial charge in [-0.1, -0.05) is 12.1 Å². The van der Waals surface area contributed by atoms with Gasteiger partial charge in [0.05, 0.1) is 23.0 Å². The van der Waals surface area contributed by atoms with Crippen LogP contribution in [0.15, 0.2) is 48.5 Å². The molecule has 0 radical (unpaired) electrons. The molecule has 1 aliphatic carbocycles. The minimum absolute atomic E-state index is 0.115. The zero-order valence-corrected chi connectivity index (χ0v) is 15.0. The van der Waals surface area contributed by atoms with E-state index in [1.807, 2.05) is 19.1 Å². The molecule has 0 N–H and O–H groups in total. The van der Waals surface area contributed by atoms with Gasteiger partial charge in [-0.05, 0) is 49.6 Å². The zero-order chi connectivity index (χ0) is 19.6. The number of benzene rings is 2. The molecular weight excluding hydrogens is 350 g/mol. The number of rotatable bonds is 5. The van der Waals surface area contributed by atoms with Crippen molar-refractivity contribution in [3.8, 4) is 5.75 Å². The monoisotopic (exact) mass is 369 g/mol. The second-order valence-electron chi connectivity index (χ2n) is 6.66. The smallest absolute Gasteiger partial charge is 0.338 e. The first-order chi connectivity index (χ1) is 12.8. The number of carbonyl (C=O) groups excluding carboxylic acids is 2. The van der Waals surface area contributed by atoms with E-state index < -0.39 is 22.4 Å². The lowest BCUT2D eigenvalue weighted by Gasteiger charge is -2.23. The number of nitro groups is 1. The highest BCUT2D eigenvalue weighted by Crippen LogP contribution is 2.39. The summed E-state index contributed by atoms with van der Waals surface area (Å²) in [5.41, 5.74) is 0.177. The summed E-state index contributed by atoms with van der Waals surface area (Å²) >= 11 is 0. The van der Waals surface area contributed by atoms with Crippen molar-refractivity contribution < 1.29 is 24.0 Å². The molecule has 0 bridgehead atoms. The second-order valence-corrected chi connectivity index (χ2v) is 6.66. The van der Waals surface area contributed by atoms with Gasteiger partial charge in [0.25, 0.3) is 5.69 Å². The van der Waals surface area contributed by atoms with Gasteiger partial charge in [0.1, 0.15) is 5.75 Å². The Morgan fingerprint density at radius 2 is 1.78 bits per heavy atom. The third-order valence-electron chi connectivity index (χ3n) is 5.03. The lowest BCUT2D eigenvalue weighted by molar-refractivity contribution is -0.384. The van der Waals surface area contributed by atoms with Gasteiger partial charge in [-0.15, -0.1) is 0 Å². The van der Waals surface area contributed by atoms with Crippen molar-refractivity contribution in [2.24, 2.45) is 0 Å². The summed E-state index contributed by atoms with van der Waals surface area (Å²) in [6, 6.07) is 12.4. The van der Waals surface area contributed by atoms with Gasteiger partial charge in [0.2, 0.25) is 0 Å². The van der Waals surface area contributed by atoms with Crippen LogP contribution in [-0.2, 0) is 14.9 Å². The molecule has 1 fully saturated rings. The first-order valence-corrected chi connectivity index (χ1v) is 8.49. The highest BCUT2D eigenvalue weighted by molar-refractivity contribution is 5.98. The molecular formula is C20H19NO6. The molecule has 1 aliphatic rings. The van der Waals surface area contributed by atoms with Crippen molar-refractivity contribution in [2.75, 3.05) is 7.11 Å². The average molecular weight is 369 g/mol. The SMILES string of the molecule is COc1ccc([C@@]2(C)CC[C@H](OC(=O)c3ccc([N+](=O)[O-])cc3)C2=O)cc1. The van der Waals surface area contributed by atoms with Crippen molar-refractivity contribution in [1.29, 1.82) is 0 Å². The molecule has 0 unspecified atom stereocenters. The number of methoxy groups -OCH3 is 1. The van der Waals surface area contributed by atoms with Gasteiger partial charge < -0.3 is 9.47 Å². The predicted molar refractivity (Wildman–Crippen MR) is 96.9 cm³/mol. The molecule has 27 heavy (non-hydrogen) atoms. The van der Waals surface area contributed by atoms with Crippen LogP contribution in [0.25, 0.3) is 0 Å². The van der Waals surface area contributed by atoms with Crippen LogP contribution in [0.3, 0.4) is 0 Å². The number of nitro benzene ring substituents is 1. The molecule has 2 aromatic rings. The van der Waals surface area contributed by atoms with Crippen LogP contribution in [0.5, 0.6) is 5.75 Å². The Hall–Kier alpha value is -3.22. The zero-order valence-electron chi connectivity index (χ0n) is 15.0. The molecule has 140 valence electrons. The molecule has 3 rings (SSSR count). The number of hydrogen-bond acceptors (Lipinski definition) is 6. The highest BCUT2D eigenvalue weighted by atomic mass is 16.6. The maximum atomic E-state index is 12.9. The van der Waals surface area contributed by atoms with Gasteiger partial charge in [0.15, 0.2) is 11.9 Å². The molecule has 2 atom stereocenters.